The van der Waals surface area contributed by atoms with E-state index < -0.39 is 17.7 Å². The van der Waals surface area contributed by atoms with Crippen molar-refractivity contribution in [1.82, 2.24) is 14.8 Å². The summed E-state index contributed by atoms with van der Waals surface area (Å²) in [6.07, 6.45) is 4.15. The van der Waals surface area contributed by atoms with Crippen LogP contribution in [0, 0.1) is 0 Å². The van der Waals surface area contributed by atoms with Gasteiger partial charge in [0.15, 0.2) is 0 Å². The molecular weight excluding hydrogens is 424 g/mol. The Balaban J connectivity index is 1.78. The second kappa shape index (κ2) is 11.2. The highest BCUT2D eigenvalue weighted by Crippen LogP contribution is 2.31. The van der Waals surface area contributed by atoms with Crippen molar-refractivity contribution in [3.8, 4) is 0 Å². The van der Waals surface area contributed by atoms with Crippen LogP contribution in [0.3, 0.4) is 0 Å². The van der Waals surface area contributed by atoms with E-state index in [1.807, 2.05) is 36.4 Å². The van der Waals surface area contributed by atoms with Gasteiger partial charge in [-0.05, 0) is 42.0 Å². The number of alkyl halides is 2. The molecule has 3 aromatic rings. The maximum atomic E-state index is 14.4. The predicted molar refractivity (Wildman–Crippen MR) is 124 cm³/mol. The molecule has 7 heteroatoms. The van der Waals surface area contributed by atoms with Crippen molar-refractivity contribution in [2.45, 2.75) is 71.3 Å². The van der Waals surface area contributed by atoms with Gasteiger partial charge in [0.1, 0.15) is 5.82 Å². The second-order valence-corrected chi connectivity index (χ2v) is 8.38. The van der Waals surface area contributed by atoms with Crippen LogP contribution in [-0.4, -0.2) is 25.8 Å². The molecule has 176 valence electrons. The molecule has 0 atom stereocenters. The lowest BCUT2D eigenvalue weighted by Gasteiger charge is -2.10. The van der Waals surface area contributed by atoms with Crippen molar-refractivity contribution < 1.29 is 18.7 Å². The number of aromatic nitrogens is 3. The Morgan fingerprint density at radius 3 is 2.36 bits per heavy atom. The Labute approximate surface area is 193 Å². The lowest BCUT2D eigenvalue weighted by molar-refractivity contribution is -0.0232. The molecule has 0 amide bonds. The molecule has 0 aliphatic heterocycles. The largest absolute Gasteiger partial charge is 0.478 e. The zero-order chi connectivity index (χ0) is 23.8. The Morgan fingerprint density at radius 1 is 1.00 bits per heavy atom. The molecule has 1 N–H and O–H groups in total. The number of aryl methyl sites for hydroxylation is 1. The fourth-order valence-electron chi connectivity index (χ4n) is 3.84. The lowest BCUT2D eigenvalue weighted by Crippen LogP contribution is -2.15. The first-order valence-corrected chi connectivity index (χ1v) is 11.5. The molecule has 0 saturated heterocycles. The van der Waals surface area contributed by atoms with Crippen LogP contribution in [0.25, 0.3) is 0 Å². The second-order valence-electron chi connectivity index (χ2n) is 8.38. The Kier molecular flexibility index (Phi) is 8.31. The van der Waals surface area contributed by atoms with Crippen molar-refractivity contribution in [3.63, 3.8) is 0 Å². The zero-order valence-electron chi connectivity index (χ0n) is 19.2. The van der Waals surface area contributed by atoms with Crippen LogP contribution in [0.4, 0.5) is 8.78 Å². The maximum absolute atomic E-state index is 14.4. The molecule has 0 spiro atoms. The molecular formula is C26H31F2N3O2. The number of benzene rings is 2. The smallest absolute Gasteiger partial charge is 0.335 e. The lowest BCUT2D eigenvalue weighted by atomic mass is 9.99. The number of hydrogen-bond donors (Lipinski definition) is 1. The number of hydrogen-bond acceptors (Lipinski definition) is 3. The fraction of sp³-hybridized carbons (Fsp3) is 0.423. The van der Waals surface area contributed by atoms with E-state index in [-0.39, 0.29) is 6.42 Å². The van der Waals surface area contributed by atoms with Crippen LogP contribution in [0.2, 0.25) is 0 Å². The molecule has 1 aromatic heterocycles. The molecule has 0 bridgehead atoms. The van der Waals surface area contributed by atoms with Crippen LogP contribution < -0.4 is 0 Å². The highest BCUT2D eigenvalue weighted by Gasteiger charge is 2.36. The summed E-state index contributed by atoms with van der Waals surface area (Å²) in [7, 11) is 0. The minimum Gasteiger partial charge on any atom is -0.478 e. The summed E-state index contributed by atoms with van der Waals surface area (Å²) in [6.45, 7) is 4.19. The molecule has 0 aliphatic carbocycles. The normalized spacial score (nSPS) is 11.6. The van der Waals surface area contributed by atoms with Crippen molar-refractivity contribution >= 4 is 5.97 Å². The van der Waals surface area contributed by atoms with E-state index in [1.165, 1.54) is 0 Å². The van der Waals surface area contributed by atoms with Crippen molar-refractivity contribution in [2.75, 3.05) is 0 Å². The minimum absolute atomic E-state index is 0.266. The first kappa shape index (κ1) is 24.6. The van der Waals surface area contributed by atoms with Crippen molar-refractivity contribution in [1.29, 1.82) is 0 Å². The van der Waals surface area contributed by atoms with Gasteiger partial charge in [0, 0.05) is 12.8 Å². The van der Waals surface area contributed by atoms with Crippen LogP contribution in [0.15, 0.2) is 48.5 Å². The van der Waals surface area contributed by atoms with Crippen LogP contribution in [-0.2, 0) is 25.3 Å². The molecule has 1 heterocycles. The third-order valence-corrected chi connectivity index (χ3v) is 5.64. The van der Waals surface area contributed by atoms with E-state index in [0.29, 0.717) is 37.2 Å². The number of carboxylic acid groups (broad SMARTS) is 1. The van der Waals surface area contributed by atoms with E-state index in [9.17, 15) is 18.7 Å². The summed E-state index contributed by atoms with van der Waals surface area (Å²) in [6, 6.07) is 14.7. The molecule has 0 radical (unpaired) electrons. The van der Waals surface area contributed by atoms with E-state index in [2.05, 4.69) is 17.0 Å². The van der Waals surface area contributed by atoms with Gasteiger partial charge in [0.2, 0.25) is 5.82 Å². The van der Waals surface area contributed by atoms with Crippen molar-refractivity contribution in [2.24, 2.45) is 0 Å². The maximum Gasteiger partial charge on any atom is 0.335 e. The van der Waals surface area contributed by atoms with E-state index in [0.717, 1.165) is 36.0 Å². The number of rotatable bonds is 12. The van der Waals surface area contributed by atoms with Crippen molar-refractivity contribution in [3.05, 3.63) is 82.4 Å². The Bertz CT molecular complexity index is 1060. The third-order valence-electron chi connectivity index (χ3n) is 5.64. The number of aromatic carboxylic acids is 1. The number of nitrogens with zero attached hydrogens (tertiary/aromatic N) is 3. The van der Waals surface area contributed by atoms with Crippen LogP contribution >= 0.6 is 0 Å². The summed E-state index contributed by atoms with van der Waals surface area (Å²) in [5.41, 5.74) is 2.94. The fourth-order valence-corrected chi connectivity index (χ4v) is 3.84. The standard InChI is InChI=1S/C26H31F2N3O2/c1-3-5-6-11-23-29-25(26(27,28)16-4-2)30-31(23)18-20-14-12-19(13-15-20)17-21-9-7-8-10-22(21)24(32)33/h7-10,12-15H,3-6,11,16-18H2,1-2H3,(H,32,33). The van der Waals surface area contributed by atoms with E-state index in [4.69, 9.17) is 0 Å². The summed E-state index contributed by atoms with van der Waals surface area (Å²) >= 11 is 0. The summed E-state index contributed by atoms with van der Waals surface area (Å²) in [5, 5.41) is 13.6. The molecule has 0 fully saturated rings. The average Bonchev–Trinajstić information content (AvgIpc) is 3.19. The van der Waals surface area contributed by atoms with E-state index >= 15 is 0 Å². The molecule has 3 rings (SSSR count). The third kappa shape index (κ3) is 6.46. The Hall–Kier alpha value is -3.09. The molecule has 2 aromatic carbocycles. The van der Waals surface area contributed by atoms with Gasteiger partial charge >= 0.3 is 11.9 Å². The van der Waals surface area contributed by atoms with Gasteiger partial charge in [-0.1, -0.05) is 69.2 Å². The molecule has 5 nitrogen and oxygen atoms in total. The minimum atomic E-state index is -3.03. The van der Waals surface area contributed by atoms with Crippen LogP contribution in [0.1, 0.15) is 84.6 Å². The van der Waals surface area contributed by atoms with Gasteiger partial charge in [-0.2, -0.15) is 8.78 Å². The summed E-state index contributed by atoms with van der Waals surface area (Å²) in [5.74, 6) is -3.77. The molecule has 0 aliphatic rings. The molecule has 0 unspecified atom stereocenters. The van der Waals surface area contributed by atoms with Gasteiger partial charge < -0.3 is 5.11 Å². The molecule has 0 saturated carbocycles. The monoisotopic (exact) mass is 455 g/mol. The number of carbonyl (C=O) groups is 1. The molecule has 33 heavy (non-hydrogen) atoms. The quantitative estimate of drug-likeness (QED) is 0.328. The Morgan fingerprint density at radius 2 is 1.70 bits per heavy atom. The van der Waals surface area contributed by atoms with Crippen LogP contribution in [0.5, 0.6) is 0 Å². The first-order chi connectivity index (χ1) is 15.8. The predicted octanol–water partition coefficient (Wildman–Crippen LogP) is 6.24. The summed E-state index contributed by atoms with van der Waals surface area (Å²) < 4.78 is 30.5. The number of halogens is 2. The zero-order valence-corrected chi connectivity index (χ0v) is 19.2. The summed E-state index contributed by atoms with van der Waals surface area (Å²) in [4.78, 5) is 15.7. The van der Waals surface area contributed by atoms with Gasteiger partial charge in [-0.3, -0.25) is 0 Å². The van der Waals surface area contributed by atoms with Gasteiger partial charge in [-0.25, -0.2) is 14.5 Å². The highest BCUT2D eigenvalue weighted by atomic mass is 19.3. The number of unbranched alkanes of at least 4 members (excludes halogenated alkanes) is 2. The van der Waals surface area contributed by atoms with Gasteiger partial charge in [0.25, 0.3) is 0 Å². The average molecular weight is 456 g/mol. The number of carboxylic acids is 1. The van der Waals surface area contributed by atoms with E-state index in [1.54, 1.807) is 23.7 Å². The topological polar surface area (TPSA) is 68.0 Å². The first-order valence-electron chi connectivity index (χ1n) is 11.5. The van der Waals surface area contributed by atoms with Gasteiger partial charge in [-0.15, -0.1) is 5.10 Å². The SMILES string of the molecule is CCCCCc1nc(C(F)(F)CCC)nn1Cc1ccc(Cc2ccccc2C(=O)O)cc1. The highest BCUT2D eigenvalue weighted by molar-refractivity contribution is 5.89. The van der Waals surface area contributed by atoms with Gasteiger partial charge in [0.05, 0.1) is 12.1 Å².